The summed E-state index contributed by atoms with van der Waals surface area (Å²) >= 11 is 0. The molecule has 2 rings (SSSR count). The van der Waals surface area contributed by atoms with E-state index in [1.165, 1.54) is 16.7 Å². The number of benzene rings is 1. The molecule has 2 unspecified atom stereocenters. The van der Waals surface area contributed by atoms with Crippen LogP contribution in [0, 0.1) is 13.8 Å². The summed E-state index contributed by atoms with van der Waals surface area (Å²) in [6, 6.07) is 7.45. The van der Waals surface area contributed by atoms with Crippen LogP contribution >= 0.6 is 0 Å². The van der Waals surface area contributed by atoms with Crippen LogP contribution in [0.3, 0.4) is 0 Å². The van der Waals surface area contributed by atoms with E-state index in [-0.39, 0.29) is 0 Å². The minimum atomic E-state index is 0.352. The van der Waals surface area contributed by atoms with Crippen molar-refractivity contribution in [1.29, 1.82) is 0 Å². The Hall–Kier alpha value is -0.900. The van der Waals surface area contributed by atoms with Gasteiger partial charge in [0.25, 0.3) is 0 Å². The molecule has 0 bridgehead atoms. The molecule has 1 aliphatic rings. The third-order valence-corrected chi connectivity index (χ3v) is 4.38. The monoisotopic (exact) mass is 261 g/mol. The predicted octanol–water partition coefficient (Wildman–Crippen LogP) is 1.94. The van der Waals surface area contributed by atoms with Gasteiger partial charge in [-0.3, -0.25) is 4.90 Å². The molecular formula is C16H27N3. The second-order valence-corrected chi connectivity index (χ2v) is 5.91. The fourth-order valence-corrected chi connectivity index (χ4v) is 3.39. The first-order valence-corrected chi connectivity index (χ1v) is 7.25. The topological polar surface area (TPSA) is 32.5 Å². The summed E-state index contributed by atoms with van der Waals surface area (Å²) in [5.74, 6) is 0. The highest BCUT2D eigenvalue weighted by Crippen LogP contribution is 2.29. The molecule has 2 atom stereocenters. The molecule has 1 aromatic carbocycles. The van der Waals surface area contributed by atoms with Crippen LogP contribution in [-0.4, -0.2) is 49.1 Å². The van der Waals surface area contributed by atoms with Crippen molar-refractivity contribution in [2.24, 2.45) is 5.73 Å². The predicted molar refractivity (Wildman–Crippen MR) is 81.4 cm³/mol. The van der Waals surface area contributed by atoms with E-state index in [9.17, 15) is 0 Å². The number of nitrogens with zero attached hydrogens (tertiary/aromatic N) is 2. The maximum atomic E-state index is 6.12. The zero-order valence-electron chi connectivity index (χ0n) is 12.7. The molecule has 1 fully saturated rings. The van der Waals surface area contributed by atoms with Gasteiger partial charge in [0.1, 0.15) is 0 Å². The zero-order valence-corrected chi connectivity index (χ0v) is 12.7. The van der Waals surface area contributed by atoms with Gasteiger partial charge in [0.15, 0.2) is 0 Å². The minimum absolute atomic E-state index is 0.352. The van der Waals surface area contributed by atoms with Crippen LogP contribution in [-0.2, 0) is 0 Å². The van der Waals surface area contributed by atoms with Gasteiger partial charge in [-0.1, -0.05) is 18.2 Å². The van der Waals surface area contributed by atoms with Crippen molar-refractivity contribution in [3.63, 3.8) is 0 Å². The molecule has 106 valence electrons. The molecule has 0 spiro atoms. The van der Waals surface area contributed by atoms with Gasteiger partial charge in [0.2, 0.25) is 0 Å². The molecule has 0 radical (unpaired) electrons. The van der Waals surface area contributed by atoms with E-state index in [0.717, 1.165) is 19.6 Å². The molecular weight excluding hydrogens is 234 g/mol. The van der Waals surface area contributed by atoms with Gasteiger partial charge in [-0.05, 0) is 44.5 Å². The lowest BCUT2D eigenvalue weighted by molar-refractivity contribution is 0.0631. The number of hydrogen-bond acceptors (Lipinski definition) is 3. The number of hydrogen-bond donors (Lipinski definition) is 1. The third kappa shape index (κ3) is 2.99. The van der Waals surface area contributed by atoms with Crippen molar-refractivity contribution < 1.29 is 0 Å². The third-order valence-electron chi connectivity index (χ3n) is 4.38. The molecule has 0 aromatic heterocycles. The second-order valence-electron chi connectivity index (χ2n) is 5.91. The van der Waals surface area contributed by atoms with Gasteiger partial charge in [0.05, 0.1) is 0 Å². The zero-order chi connectivity index (χ0) is 14.0. The van der Waals surface area contributed by atoms with Crippen molar-refractivity contribution in [1.82, 2.24) is 9.80 Å². The summed E-state index contributed by atoms with van der Waals surface area (Å²) in [5, 5.41) is 0. The summed E-state index contributed by atoms with van der Waals surface area (Å²) in [5.41, 5.74) is 10.3. The quantitative estimate of drug-likeness (QED) is 0.902. The van der Waals surface area contributed by atoms with E-state index in [2.05, 4.69) is 55.8 Å². The first-order chi connectivity index (χ1) is 9.04. The first-order valence-electron chi connectivity index (χ1n) is 7.25. The highest BCUT2D eigenvalue weighted by molar-refractivity contribution is 5.36. The second kappa shape index (κ2) is 6.04. The first kappa shape index (κ1) is 14.5. The molecule has 1 saturated heterocycles. The highest BCUT2D eigenvalue weighted by Gasteiger charge is 2.29. The molecule has 0 amide bonds. The molecule has 19 heavy (non-hydrogen) atoms. The van der Waals surface area contributed by atoms with Gasteiger partial charge in [-0.25, -0.2) is 0 Å². The van der Waals surface area contributed by atoms with Crippen molar-refractivity contribution in [2.75, 3.05) is 33.2 Å². The Bertz CT molecular complexity index is 410. The van der Waals surface area contributed by atoms with Gasteiger partial charge in [0, 0.05) is 38.3 Å². The summed E-state index contributed by atoms with van der Waals surface area (Å²) in [4.78, 5) is 4.98. The summed E-state index contributed by atoms with van der Waals surface area (Å²) in [6.45, 7) is 10.8. The number of likely N-dealkylation sites (N-methyl/N-ethyl adjacent to an activating group) is 1. The molecule has 0 aliphatic carbocycles. The van der Waals surface area contributed by atoms with Gasteiger partial charge in [-0.2, -0.15) is 0 Å². The molecule has 3 heteroatoms. The number of nitrogens with two attached hydrogens (primary N) is 1. The lowest BCUT2D eigenvalue weighted by Crippen LogP contribution is -2.53. The number of rotatable bonds is 3. The Morgan fingerprint density at radius 2 is 1.89 bits per heavy atom. The van der Waals surface area contributed by atoms with Crippen LogP contribution in [0.2, 0.25) is 0 Å². The SMILES string of the molecule is Cc1cccc(C)c1C(CN)N1CCN(C)CC1C. The Morgan fingerprint density at radius 3 is 2.42 bits per heavy atom. The smallest absolute Gasteiger partial charge is 0.0479 e. The Balaban J connectivity index is 2.29. The van der Waals surface area contributed by atoms with Crippen LogP contribution in [0.5, 0.6) is 0 Å². The van der Waals surface area contributed by atoms with Crippen LogP contribution < -0.4 is 5.73 Å². The van der Waals surface area contributed by atoms with Crippen molar-refractivity contribution in [3.8, 4) is 0 Å². The summed E-state index contributed by atoms with van der Waals surface area (Å²) in [6.07, 6.45) is 0. The maximum Gasteiger partial charge on any atom is 0.0479 e. The van der Waals surface area contributed by atoms with Gasteiger partial charge >= 0.3 is 0 Å². The Morgan fingerprint density at radius 1 is 1.26 bits per heavy atom. The fourth-order valence-electron chi connectivity index (χ4n) is 3.39. The van der Waals surface area contributed by atoms with Crippen molar-refractivity contribution in [3.05, 3.63) is 34.9 Å². The Labute approximate surface area is 117 Å². The number of aryl methyl sites for hydroxylation is 2. The molecule has 1 aliphatic heterocycles. The molecule has 3 nitrogen and oxygen atoms in total. The highest BCUT2D eigenvalue weighted by atomic mass is 15.3. The average Bonchev–Trinajstić information content (AvgIpc) is 2.35. The number of piperazine rings is 1. The van der Waals surface area contributed by atoms with E-state index in [1.54, 1.807) is 0 Å². The lowest BCUT2D eigenvalue weighted by atomic mass is 9.93. The average molecular weight is 261 g/mol. The lowest BCUT2D eigenvalue weighted by Gasteiger charge is -2.43. The molecule has 1 heterocycles. The van der Waals surface area contributed by atoms with Crippen LogP contribution in [0.25, 0.3) is 0 Å². The van der Waals surface area contributed by atoms with Gasteiger partial charge in [-0.15, -0.1) is 0 Å². The molecule has 0 saturated carbocycles. The normalized spacial score (nSPS) is 23.5. The largest absolute Gasteiger partial charge is 0.329 e. The van der Waals surface area contributed by atoms with E-state index in [4.69, 9.17) is 5.73 Å². The minimum Gasteiger partial charge on any atom is -0.329 e. The van der Waals surface area contributed by atoms with E-state index in [0.29, 0.717) is 18.6 Å². The standard InChI is InChI=1S/C16H27N3/c1-12-6-5-7-13(2)16(12)15(10-17)19-9-8-18(4)11-14(19)3/h5-7,14-15H,8-11,17H2,1-4H3. The van der Waals surface area contributed by atoms with Gasteiger partial charge < -0.3 is 10.6 Å². The van der Waals surface area contributed by atoms with E-state index in [1.807, 2.05) is 0 Å². The molecule has 1 aromatic rings. The summed E-state index contributed by atoms with van der Waals surface area (Å²) < 4.78 is 0. The van der Waals surface area contributed by atoms with Crippen LogP contribution in [0.1, 0.15) is 29.7 Å². The Kier molecular flexibility index (Phi) is 4.61. The van der Waals surface area contributed by atoms with E-state index < -0.39 is 0 Å². The molecule has 2 N–H and O–H groups in total. The maximum absolute atomic E-state index is 6.12. The van der Waals surface area contributed by atoms with Crippen molar-refractivity contribution >= 4 is 0 Å². The summed E-state index contributed by atoms with van der Waals surface area (Å²) in [7, 11) is 2.20. The van der Waals surface area contributed by atoms with Crippen molar-refractivity contribution in [2.45, 2.75) is 32.9 Å². The fraction of sp³-hybridized carbons (Fsp3) is 0.625. The van der Waals surface area contributed by atoms with E-state index >= 15 is 0 Å². The van der Waals surface area contributed by atoms with Crippen LogP contribution in [0.15, 0.2) is 18.2 Å². The van der Waals surface area contributed by atoms with Crippen LogP contribution in [0.4, 0.5) is 0 Å².